The lowest BCUT2D eigenvalue weighted by Crippen LogP contribution is -2.44. The van der Waals surface area contributed by atoms with Gasteiger partial charge in [0.1, 0.15) is 5.75 Å². The molecule has 1 aromatic rings. The van der Waals surface area contributed by atoms with E-state index in [2.05, 4.69) is 5.32 Å². The van der Waals surface area contributed by atoms with Crippen LogP contribution < -0.4 is 10.1 Å². The Balaban J connectivity index is 2.28. The van der Waals surface area contributed by atoms with E-state index in [1.54, 1.807) is 7.05 Å². The summed E-state index contributed by atoms with van der Waals surface area (Å²) < 4.78 is 5.07. The molecule has 1 fully saturated rings. The number of nitrogens with zero attached hydrogens (tertiary/aromatic N) is 2. The van der Waals surface area contributed by atoms with Crippen molar-refractivity contribution in [1.82, 2.24) is 10.2 Å². The molecule has 1 aromatic carbocycles. The molecule has 1 heterocycles. The molecule has 0 radical (unpaired) electrons. The fourth-order valence-corrected chi connectivity index (χ4v) is 2.36. The minimum absolute atomic E-state index is 0.140. The summed E-state index contributed by atoms with van der Waals surface area (Å²) in [6.07, 6.45) is -0.636. The van der Waals surface area contributed by atoms with Crippen LogP contribution >= 0.6 is 0 Å². The summed E-state index contributed by atoms with van der Waals surface area (Å²) >= 11 is 0. The lowest BCUT2D eigenvalue weighted by molar-refractivity contribution is -0.384. The Labute approximate surface area is 121 Å². The smallest absolute Gasteiger partial charge is 0.273 e. The van der Waals surface area contributed by atoms with Crippen LogP contribution in [-0.4, -0.2) is 60.2 Å². The maximum Gasteiger partial charge on any atom is 0.273 e. The summed E-state index contributed by atoms with van der Waals surface area (Å²) in [7, 11) is 2.94. The molecule has 114 valence electrons. The van der Waals surface area contributed by atoms with Crippen LogP contribution in [0.1, 0.15) is 10.4 Å². The van der Waals surface area contributed by atoms with Crippen LogP contribution in [0, 0.1) is 10.1 Å². The number of benzene rings is 1. The SMILES string of the molecule is COc1cc([N+](=O)[O-])ccc1C(=O)N(C)[C@@H]1CNC[C@H]1O. The Kier molecular flexibility index (Phi) is 4.39. The Hall–Kier alpha value is -2.19. The van der Waals surface area contributed by atoms with E-state index in [-0.39, 0.29) is 28.9 Å². The number of carbonyl (C=O) groups excluding carboxylic acids is 1. The molecule has 0 aromatic heterocycles. The maximum atomic E-state index is 12.5. The molecule has 1 amide bonds. The van der Waals surface area contributed by atoms with E-state index in [1.807, 2.05) is 0 Å². The molecule has 21 heavy (non-hydrogen) atoms. The summed E-state index contributed by atoms with van der Waals surface area (Å²) in [6, 6.07) is 3.50. The number of nitro groups is 1. The van der Waals surface area contributed by atoms with Gasteiger partial charge in [-0.1, -0.05) is 0 Å². The van der Waals surface area contributed by atoms with Crippen molar-refractivity contribution in [3.8, 4) is 5.75 Å². The molecule has 0 unspecified atom stereocenters. The van der Waals surface area contributed by atoms with Gasteiger partial charge in [-0.3, -0.25) is 14.9 Å². The predicted octanol–water partition coefficient (Wildman–Crippen LogP) is 0.00810. The molecule has 1 aliphatic heterocycles. The first-order chi connectivity index (χ1) is 9.95. The van der Waals surface area contributed by atoms with Gasteiger partial charge in [0, 0.05) is 26.2 Å². The molecule has 1 aliphatic rings. The fourth-order valence-electron chi connectivity index (χ4n) is 2.36. The van der Waals surface area contributed by atoms with Gasteiger partial charge in [0.2, 0.25) is 0 Å². The molecule has 2 rings (SSSR count). The number of nitrogens with one attached hydrogen (secondary N) is 1. The molecule has 0 saturated carbocycles. The number of nitro benzene ring substituents is 1. The summed E-state index contributed by atoms with van der Waals surface area (Å²) in [4.78, 5) is 24.1. The number of rotatable bonds is 4. The van der Waals surface area contributed by atoms with Crippen LogP contribution in [0.5, 0.6) is 5.75 Å². The Morgan fingerprint density at radius 3 is 2.76 bits per heavy atom. The second kappa shape index (κ2) is 6.06. The maximum absolute atomic E-state index is 12.5. The molecule has 0 aliphatic carbocycles. The third kappa shape index (κ3) is 2.96. The largest absolute Gasteiger partial charge is 0.496 e. The summed E-state index contributed by atoms with van der Waals surface area (Å²) in [6.45, 7) is 0.929. The Morgan fingerprint density at radius 2 is 2.24 bits per heavy atom. The number of hydrogen-bond donors (Lipinski definition) is 2. The third-order valence-electron chi connectivity index (χ3n) is 3.60. The van der Waals surface area contributed by atoms with E-state index in [0.29, 0.717) is 13.1 Å². The summed E-state index contributed by atoms with van der Waals surface area (Å²) in [5.41, 5.74) is 0.0818. The number of aliphatic hydroxyl groups is 1. The van der Waals surface area contributed by atoms with Crippen LogP contribution in [0.4, 0.5) is 5.69 Å². The average molecular weight is 295 g/mol. The fraction of sp³-hybridized carbons (Fsp3) is 0.462. The Morgan fingerprint density at radius 1 is 1.52 bits per heavy atom. The summed E-state index contributed by atoms with van der Waals surface area (Å²) in [5.74, 6) is -0.212. The van der Waals surface area contributed by atoms with Gasteiger partial charge in [0.25, 0.3) is 11.6 Å². The van der Waals surface area contributed by atoms with E-state index in [9.17, 15) is 20.0 Å². The molecule has 1 saturated heterocycles. The normalized spacial score (nSPS) is 21.1. The molecular weight excluding hydrogens is 278 g/mol. The van der Waals surface area contributed by atoms with Gasteiger partial charge < -0.3 is 20.1 Å². The number of likely N-dealkylation sites (N-methyl/N-ethyl adjacent to an activating group) is 1. The van der Waals surface area contributed by atoms with Crippen LogP contribution in [0.2, 0.25) is 0 Å². The topological polar surface area (TPSA) is 105 Å². The zero-order valence-electron chi connectivity index (χ0n) is 11.8. The van der Waals surface area contributed by atoms with Crippen molar-refractivity contribution in [2.45, 2.75) is 12.1 Å². The lowest BCUT2D eigenvalue weighted by Gasteiger charge is -2.27. The van der Waals surface area contributed by atoms with E-state index >= 15 is 0 Å². The predicted molar refractivity (Wildman–Crippen MR) is 74.4 cm³/mol. The third-order valence-corrected chi connectivity index (χ3v) is 3.60. The molecular formula is C13H17N3O5. The van der Waals surface area contributed by atoms with Gasteiger partial charge in [-0.25, -0.2) is 0 Å². The zero-order chi connectivity index (χ0) is 15.6. The molecule has 0 spiro atoms. The van der Waals surface area contributed by atoms with E-state index in [1.165, 1.54) is 30.2 Å². The highest BCUT2D eigenvalue weighted by molar-refractivity contribution is 5.97. The van der Waals surface area contributed by atoms with Gasteiger partial charge in [-0.2, -0.15) is 0 Å². The van der Waals surface area contributed by atoms with Gasteiger partial charge in [-0.15, -0.1) is 0 Å². The standard InChI is InChI=1S/C13H17N3O5/c1-15(10-6-14-7-11(10)17)13(18)9-4-3-8(16(19)20)5-12(9)21-2/h3-5,10-11,14,17H,6-7H2,1-2H3/t10-,11-/m1/s1. The van der Waals surface area contributed by atoms with Crippen molar-refractivity contribution >= 4 is 11.6 Å². The van der Waals surface area contributed by atoms with E-state index in [0.717, 1.165) is 0 Å². The van der Waals surface area contributed by atoms with Gasteiger partial charge in [-0.05, 0) is 6.07 Å². The molecule has 8 nitrogen and oxygen atoms in total. The minimum atomic E-state index is -0.636. The second-order valence-electron chi connectivity index (χ2n) is 4.85. The van der Waals surface area contributed by atoms with Crippen LogP contribution in [-0.2, 0) is 0 Å². The molecule has 2 N–H and O–H groups in total. The molecule has 0 bridgehead atoms. The second-order valence-corrected chi connectivity index (χ2v) is 4.85. The molecule has 8 heteroatoms. The van der Waals surface area contributed by atoms with Gasteiger partial charge >= 0.3 is 0 Å². The highest BCUT2D eigenvalue weighted by Gasteiger charge is 2.32. The van der Waals surface area contributed by atoms with Crippen LogP contribution in [0.25, 0.3) is 0 Å². The number of aliphatic hydroxyl groups excluding tert-OH is 1. The first-order valence-electron chi connectivity index (χ1n) is 6.44. The van der Waals surface area contributed by atoms with Crippen molar-refractivity contribution in [2.24, 2.45) is 0 Å². The number of amides is 1. The van der Waals surface area contributed by atoms with E-state index < -0.39 is 11.0 Å². The van der Waals surface area contributed by atoms with Crippen molar-refractivity contribution in [3.05, 3.63) is 33.9 Å². The first-order valence-corrected chi connectivity index (χ1v) is 6.44. The summed E-state index contributed by atoms with van der Waals surface area (Å²) in [5, 5.41) is 23.6. The van der Waals surface area contributed by atoms with Gasteiger partial charge in [0.05, 0.1) is 35.8 Å². The number of carbonyl (C=O) groups is 1. The molecule has 2 atom stereocenters. The van der Waals surface area contributed by atoms with Crippen LogP contribution in [0.3, 0.4) is 0 Å². The zero-order valence-corrected chi connectivity index (χ0v) is 11.8. The highest BCUT2D eigenvalue weighted by Crippen LogP contribution is 2.26. The van der Waals surface area contributed by atoms with Crippen molar-refractivity contribution in [3.63, 3.8) is 0 Å². The van der Waals surface area contributed by atoms with Crippen molar-refractivity contribution in [1.29, 1.82) is 0 Å². The minimum Gasteiger partial charge on any atom is -0.496 e. The number of non-ortho nitro benzene ring substituents is 1. The first kappa shape index (κ1) is 15.2. The average Bonchev–Trinajstić information content (AvgIpc) is 2.91. The van der Waals surface area contributed by atoms with Gasteiger partial charge in [0.15, 0.2) is 0 Å². The number of β-amino-alcohol motifs (C(OH)–C–C–N with tert-alkyl or cyclic N) is 1. The van der Waals surface area contributed by atoms with Crippen molar-refractivity contribution in [2.75, 3.05) is 27.2 Å². The number of ether oxygens (including phenoxy) is 1. The Bertz CT molecular complexity index is 563. The number of hydrogen-bond acceptors (Lipinski definition) is 6. The van der Waals surface area contributed by atoms with Crippen LogP contribution in [0.15, 0.2) is 18.2 Å². The lowest BCUT2D eigenvalue weighted by atomic mass is 10.1. The van der Waals surface area contributed by atoms with E-state index in [4.69, 9.17) is 4.74 Å². The monoisotopic (exact) mass is 295 g/mol. The van der Waals surface area contributed by atoms with Crippen molar-refractivity contribution < 1.29 is 19.6 Å². The number of methoxy groups -OCH3 is 1. The quantitative estimate of drug-likeness (QED) is 0.599. The highest BCUT2D eigenvalue weighted by atomic mass is 16.6.